The number of nitrogens with zero attached hydrogens (tertiary/aromatic N) is 3. The Hall–Kier alpha value is -3.21. The number of hydrogen-bond acceptors (Lipinski definition) is 4. The zero-order valence-electron chi connectivity index (χ0n) is 13.4. The van der Waals surface area contributed by atoms with E-state index in [9.17, 15) is 0 Å². The van der Waals surface area contributed by atoms with Crippen molar-refractivity contribution in [1.29, 1.82) is 0 Å². The molecule has 0 aliphatic carbocycles. The first-order valence-corrected chi connectivity index (χ1v) is 7.72. The lowest BCUT2D eigenvalue weighted by molar-refractivity contribution is 0.432. The molecule has 4 aromatic rings. The summed E-state index contributed by atoms with van der Waals surface area (Å²) in [6, 6.07) is 16.1. The average Bonchev–Trinajstić information content (AvgIpc) is 3.27. The third-order valence-electron chi connectivity index (χ3n) is 3.97. The second-order valence-electron chi connectivity index (χ2n) is 5.79. The van der Waals surface area contributed by atoms with Crippen LogP contribution in [0.4, 0.5) is 0 Å². The van der Waals surface area contributed by atoms with Crippen LogP contribution in [0.5, 0.6) is 0 Å². The number of aryl methyl sites for hydroxylation is 2. The lowest BCUT2D eigenvalue weighted by Crippen LogP contribution is -1.86. The summed E-state index contributed by atoms with van der Waals surface area (Å²) in [5.41, 5.74) is 6.18. The van der Waals surface area contributed by atoms with Crippen molar-refractivity contribution in [2.24, 2.45) is 0 Å². The molecule has 0 radical (unpaired) electrons. The molecule has 0 saturated heterocycles. The van der Waals surface area contributed by atoms with Crippen molar-refractivity contribution in [2.45, 2.75) is 13.8 Å². The van der Waals surface area contributed by atoms with E-state index in [2.05, 4.69) is 33.3 Å². The van der Waals surface area contributed by atoms with Crippen LogP contribution >= 0.6 is 0 Å². The van der Waals surface area contributed by atoms with Gasteiger partial charge in [0.1, 0.15) is 0 Å². The Kier molecular flexibility index (Phi) is 3.46. The van der Waals surface area contributed by atoms with Gasteiger partial charge in [-0.3, -0.25) is 5.10 Å². The average molecular weight is 316 g/mol. The van der Waals surface area contributed by atoms with E-state index >= 15 is 0 Å². The first-order chi connectivity index (χ1) is 11.7. The third kappa shape index (κ3) is 2.60. The Balaban J connectivity index is 1.72. The fraction of sp³-hybridized carbons (Fsp3) is 0.105. The van der Waals surface area contributed by atoms with Gasteiger partial charge in [-0.05, 0) is 37.6 Å². The molecular formula is C19H16N4O. The van der Waals surface area contributed by atoms with Crippen LogP contribution in [0.15, 0.2) is 59.3 Å². The first-order valence-electron chi connectivity index (χ1n) is 7.72. The lowest BCUT2D eigenvalue weighted by atomic mass is 10.1. The highest BCUT2D eigenvalue weighted by Gasteiger charge is 2.13. The summed E-state index contributed by atoms with van der Waals surface area (Å²) in [4.78, 5) is 4.56. The van der Waals surface area contributed by atoms with Crippen LogP contribution in [0.2, 0.25) is 0 Å². The smallest absolute Gasteiger partial charge is 0.258 e. The molecule has 2 aromatic carbocycles. The van der Waals surface area contributed by atoms with Crippen molar-refractivity contribution in [3.63, 3.8) is 0 Å². The summed E-state index contributed by atoms with van der Waals surface area (Å²) in [7, 11) is 0. The van der Waals surface area contributed by atoms with Crippen LogP contribution < -0.4 is 0 Å². The van der Waals surface area contributed by atoms with Crippen molar-refractivity contribution < 1.29 is 4.52 Å². The van der Waals surface area contributed by atoms with E-state index in [4.69, 9.17) is 4.52 Å². The van der Waals surface area contributed by atoms with Gasteiger partial charge in [-0.15, -0.1) is 0 Å². The second-order valence-corrected chi connectivity index (χ2v) is 5.79. The van der Waals surface area contributed by atoms with Crippen molar-refractivity contribution in [2.75, 3.05) is 0 Å². The number of rotatable bonds is 3. The highest BCUT2D eigenvalue weighted by atomic mass is 16.5. The first kappa shape index (κ1) is 14.4. The van der Waals surface area contributed by atoms with Gasteiger partial charge in [-0.2, -0.15) is 10.1 Å². The van der Waals surface area contributed by atoms with Gasteiger partial charge in [0.25, 0.3) is 5.89 Å². The monoisotopic (exact) mass is 316 g/mol. The summed E-state index contributed by atoms with van der Waals surface area (Å²) >= 11 is 0. The largest absolute Gasteiger partial charge is 0.334 e. The highest BCUT2D eigenvalue weighted by molar-refractivity contribution is 5.69. The van der Waals surface area contributed by atoms with Gasteiger partial charge in [-0.1, -0.05) is 41.1 Å². The van der Waals surface area contributed by atoms with E-state index in [1.54, 1.807) is 6.20 Å². The van der Waals surface area contributed by atoms with E-state index in [-0.39, 0.29) is 0 Å². The van der Waals surface area contributed by atoms with E-state index in [1.165, 1.54) is 5.56 Å². The van der Waals surface area contributed by atoms with E-state index < -0.39 is 0 Å². The molecule has 0 spiro atoms. The molecule has 4 rings (SSSR count). The maximum absolute atomic E-state index is 5.48. The molecule has 0 fully saturated rings. The molecule has 118 valence electrons. The fourth-order valence-corrected chi connectivity index (χ4v) is 2.75. The number of aromatic nitrogens is 4. The molecule has 0 aliphatic rings. The lowest BCUT2D eigenvalue weighted by Gasteiger charge is -2.01. The Morgan fingerprint density at radius 1 is 0.958 bits per heavy atom. The molecular weight excluding hydrogens is 300 g/mol. The predicted octanol–water partition coefficient (Wildman–Crippen LogP) is 4.41. The third-order valence-corrected chi connectivity index (χ3v) is 3.97. The number of benzene rings is 2. The Labute approximate surface area is 139 Å². The number of H-pyrrole nitrogens is 1. The van der Waals surface area contributed by atoms with Crippen molar-refractivity contribution >= 4 is 0 Å². The number of nitrogens with one attached hydrogen (secondary N) is 1. The molecule has 2 aromatic heterocycles. The standard InChI is InChI=1S/C19H16N4O/c1-12-6-7-16(13(2)10-12)19-21-18(23-24-19)15-5-3-4-14(11-15)17-8-9-20-22-17/h3-11H,1-2H3,(H,20,22). The fourth-order valence-electron chi connectivity index (χ4n) is 2.75. The quantitative estimate of drug-likeness (QED) is 0.608. The van der Waals surface area contributed by atoms with Crippen LogP contribution in [0.3, 0.4) is 0 Å². The second kappa shape index (κ2) is 5.77. The normalized spacial score (nSPS) is 10.9. The molecule has 0 atom stereocenters. The maximum Gasteiger partial charge on any atom is 0.258 e. The minimum absolute atomic E-state index is 0.537. The Morgan fingerprint density at radius 3 is 2.62 bits per heavy atom. The topological polar surface area (TPSA) is 67.6 Å². The summed E-state index contributed by atoms with van der Waals surface area (Å²) in [5, 5.41) is 11.1. The molecule has 0 amide bonds. The molecule has 24 heavy (non-hydrogen) atoms. The van der Waals surface area contributed by atoms with Gasteiger partial charge < -0.3 is 4.52 Å². The van der Waals surface area contributed by atoms with Crippen LogP contribution in [0.1, 0.15) is 11.1 Å². The van der Waals surface area contributed by atoms with Crippen LogP contribution in [0, 0.1) is 13.8 Å². The molecule has 0 saturated carbocycles. The van der Waals surface area contributed by atoms with Gasteiger partial charge in [-0.25, -0.2) is 0 Å². The van der Waals surface area contributed by atoms with Crippen molar-refractivity contribution in [3.8, 4) is 34.1 Å². The highest BCUT2D eigenvalue weighted by Crippen LogP contribution is 2.27. The van der Waals surface area contributed by atoms with E-state index in [0.717, 1.165) is 27.9 Å². The van der Waals surface area contributed by atoms with Gasteiger partial charge >= 0.3 is 0 Å². The molecule has 5 nitrogen and oxygen atoms in total. The summed E-state index contributed by atoms with van der Waals surface area (Å²) < 4.78 is 5.48. The van der Waals surface area contributed by atoms with Crippen LogP contribution in [0.25, 0.3) is 34.1 Å². The Morgan fingerprint density at radius 2 is 1.83 bits per heavy atom. The van der Waals surface area contributed by atoms with Crippen LogP contribution in [-0.2, 0) is 0 Å². The summed E-state index contributed by atoms with van der Waals surface area (Å²) in [6.45, 7) is 4.11. The van der Waals surface area contributed by atoms with Crippen molar-refractivity contribution in [1.82, 2.24) is 20.3 Å². The van der Waals surface area contributed by atoms with Gasteiger partial charge in [0.05, 0.1) is 5.69 Å². The number of aromatic amines is 1. The summed E-state index contributed by atoms with van der Waals surface area (Å²) in [6.07, 6.45) is 1.73. The molecule has 1 N–H and O–H groups in total. The molecule has 2 heterocycles. The maximum atomic E-state index is 5.48. The van der Waals surface area contributed by atoms with Gasteiger partial charge in [0, 0.05) is 22.9 Å². The van der Waals surface area contributed by atoms with Gasteiger partial charge in [0.2, 0.25) is 5.82 Å². The minimum Gasteiger partial charge on any atom is -0.334 e. The zero-order chi connectivity index (χ0) is 16.5. The molecule has 5 heteroatoms. The molecule has 0 unspecified atom stereocenters. The van der Waals surface area contributed by atoms with Crippen LogP contribution in [-0.4, -0.2) is 20.3 Å². The predicted molar refractivity (Wildman–Crippen MR) is 92.2 cm³/mol. The van der Waals surface area contributed by atoms with Gasteiger partial charge in [0.15, 0.2) is 0 Å². The SMILES string of the molecule is Cc1ccc(-c2nc(-c3cccc(-c4ccn[nH]4)c3)no2)c(C)c1. The molecule has 0 aliphatic heterocycles. The van der Waals surface area contributed by atoms with Crippen molar-refractivity contribution in [3.05, 3.63) is 65.9 Å². The number of hydrogen-bond donors (Lipinski definition) is 1. The van der Waals surface area contributed by atoms with E-state index in [0.29, 0.717) is 11.7 Å². The Bertz CT molecular complexity index is 986. The minimum atomic E-state index is 0.537. The summed E-state index contributed by atoms with van der Waals surface area (Å²) in [5.74, 6) is 1.11. The molecule has 0 bridgehead atoms. The van der Waals surface area contributed by atoms with E-state index in [1.807, 2.05) is 49.4 Å². The zero-order valence-corrected chi connectivity index (χ0v) is 13.4.